The van der Waals surface area contributed by atoms with Crippen molar-refractivity contribution in [2.24, 2.45) is 0 Å². The quantitative estimate of drug-likeness (QED) is 0.839. The van der Waals surface area contributed by atoms with Gasteiger partial charge in [0.1, 0.15) is 12.1 Å². The van der Waals surface area contributed by atoms with Crippen molar-refractivity contribution >= 4 is 11.9 Å². The molecule has 21 heavy (non-hydrogen) atoms. The van der Waals surface area contributed by atoms with E-state index in [-0.39, 0.29) is 23.9 Å². The third-order valence-electron chi connectivity index (χ3n) is 4.14. The minimum Gasteiger partial charge on any atom is -0.337 e. The molecule has 0 bridgehead atoms. The van der Waals surface area contributed by atoms with Crippen molar-refractivity contribution in [3.63, 3.8) is 0 Å². The molecule has 1 spiro atoms. The summed E-state index contributed by atoms with van der Waals surface area (Å²) in [6, 6.07) is -0.364. The van der Waals surface area contributed by atoms with Crippen LogP contribution in [-0.2, 0) is 16.8 Å². The highest BCUT2D eigenvalue weighted by Gasteiger charge is 2.52. The van der Waals surface area contributed by atoms with Crippen molar-refractivity contribution < 1.29 is 14.1 Å². The molecule has 2 heterocycles. The minimum absolute atomic E-state index is 0.0372. The summed E-state index contributed by atoms with van der Waals surface area (Å²) in [6.45, 7) is 5.96. The molecule has 1 aromatic rings. The average molecular weight is 292 g/mol. The Kier molecular flexibility index (Phi) is 3.04. The van der Waals surface area contributed by atoms with E-state index in [1.807, 2.05) is 20.8 Å². The minimum atomic E-state index is -0.691. The highest BCUT2D eigenvalue weighted by molar-refractivity contribution is 6.07. The van der Waals surface area contributed by atoms with E-state index in [0.717, 1.165) is 12.8 Å². The van der Waals surface area contributed by atoms with Crippen LogP contribution in [0.1, 0.15) is 58.2 Å². The number of carbonyl (C=O) groups is 2. The molecule has 114 valence electrons. The fraction of sp³-hybridized carbons (Fsp3) is 0.714. The number of rotatable bonds is 2. The first-order valence-electron chi connectivity index (χ1n) is 7.29. The number of hydrogen-bond acceptors (Lipinski definition) is 5. The lowest BCUT2D eigenvalue weighted by molar-refractivity contribution is -0.131. The van der Waals surface area contributed by atoms with Crippen LogP contribution in [0.3, 0.4) is 0 Å². The monoisotopic (exact) mass is 292 g/mol. The summed E-state index contributed by atoms with van der Waals surface area (Å²) in [5, 5.41) is 6.75. The Morgan fingerprint density at radius 1 is 1.29 bits per heavy atom. The zero-order chi connectivity index (χ0) is 15.3. The Hall–Kier alpha value is -1.92. The first kappa shape index (κ1) is 14.0. The molecule has 7 heteroatoms. The molecule has 7 nitrogen and oxygen atoms in total. The van der Waals surface area contributed by atoms with E-state index >= 15 is 0 Å². The number of nitrogens with one attached hydrogen (secondary N) is 1. The van der Waals surface area contributed by atoms with Gasteiger partial charge in [0, 0.05) is 5.41 Å². The number of amides is 3. The summed E-state index contributed by atoms with van der Waals surface area (Å²) in [5.41, 5.74) is -0.921. The molecule has 1 saturated heterocycles. The molecule has 1 aliphatic heterocycles. The van der Waals surface area contributed by atoms with E-state index in [2.05, 4.69) is 15.5 Å². The van der Waals surface area contributed by atoms with Crippen LogP contribution in [-0.4, -0.2) is 32.5 Å². The Morgan fingerprint density at radius 3 is 2.52 bits per heavy atom. The molecular formula is C14H20N4O3. The van der Waals surface area contributed by atoms with Crippen LogP contribution in [0.5, 0.6) is 0 Å². The SMILES string of the molecule is CC(C)(C)c1noc(CN2C(=O)NC3(CCCC3)C2=O)n1. The molecule has 2 fully saturated rings. The first-order chi connectivity index (χ1) is 9.82. The fourth-order valence-electron chi connectivity index (χ4n) is 2.90. The Balaban J connectivity index is 1.77. The van der Waals surface area contributed by atoms with Crippen LogP contribution >= 0.6 is 0 Å². The lowest BCUT2D eigenvalue weighted by Gasteiger charge is -2.19. The molecule has 2 aliphatic rings. The molecule has 0 radical (unpaired) electrons. The van der Waals surface area contributed by atoms with E-state index in [0.29, 0.717) is 24.6 Å². The van der Waals surface area contributed by atoms with Gasteiger partial charge in [-0.25, -0.2) is 4.79 Å². The average Bonchev–Trinajstić information content (AvgIpc) is 3.07. The van der Waals surface area contributed by atoms with Gasteiger partial charge >= 0.3 is 6.03 Å². The van der Waals surface area contributed by atoms with Gasteiger partial charge in [0.15, 0.2) is 5.82 Å². The molecule has 1 aromatic heterocycles. The smallest absolute Gasteiger partial charge is 0.325 e. The van der Waals surface area contributed by atoms with Gasteiger partial charge in [-0.3, -0.25) is 9.69 Å². The van der Waals surface area contributed by atoms with E-state index in [1.165, 1.54) is 4.90 Å². The second-order valence-electron chi connectivity index (χ2n) is 6.87. The number of nitrogens with zero attached hydrogens (tertiary/aromatic N) is 3. The number of imide groups is 1. The van der Waals surface area contributed by atoms with Crippen LogP contribution in [0.2, 0.25) is 0 Å². The van der Waals surface area contributed by atoms with Crippen LogP contribution in [0, 0.1) is 0 Å². The van der Waals surface area contributed by atoms with E-state index in [4.69, 9.17) is 4.52 Å². The van der Waals surface area contributed by atoms with Crippen molar-refractivity contribution in [2.75, 3.05) is 0 Å². The van der Waals surface area contributed by atoms with Crippen LogP contribution in [0.15, 0.2) is 4.52 Å². The lowest BCUT2D eigenvalue weighted by atomic mass is 9.96. The molecule has 1 aliphatic carbocycles. The van der Waals surface area contributed by atoms with Crippen molar-refractivity contribution in [2.45, 2.75) is 64.0 Å². The summed E-state index contributed by atoms with van der Waals surface area (Å²) >= 11 is 0. The highest BCUT2D eigenvalue weighted by Crippen LogP contribution is 2.35. The number of hydrogen-bond donors (Lipinski definition) is 1. The summed E-state index contributed by atoms with van der Waals surface area (Å²) in [7, 11) is 0. The maximum atomic E-state index is 12.5. The number of carbonyl (C=O) groups excluding carboxylic acids is 2. The largest absolute Gasteiger partial charge is 0.337 e. The highest BCUT2D eigenvalue weighted by atomic mass is 16.5. The van der Waals surface area contributed by atoms with Gasteiger partial charge in [-0.05, 0) is 12.8 Å². The third-order valence-corrected chi connectivity index (χ3v) is 4.14. The van der Waals surface area contributed by atoms with Gasteiger partial charge in [-0.2, -0.15) is 4.98 Å². The van der Waals surface area contributed by atoms with Gasteiger partial charge in [-0.1, -0.05) is 38.8 Å². The third kappa shape index (κ3) is 2.30. The first-order valence-corrected chi connectivity index (χ1v) is 7.29. The predicted molar refractivity (Wildman–Crippen MR) is 73.3 cm³/mol. The molecule has 0 aromatic carbocycles. The zero-order valence-electron chi connectivity index (χ0n) is 12.6. The van der Waals surface area contributed by atoms with Crippen LogP contribution < -0.4 is 5.32 Å². The predicted octanol–water partition coefficient (Wildman–Crippen LogP) is 1.73. The summed E-state index contributed by atoms with van der Waals surface area (Å²) in [5.74, 6) is 0.694. The molecule has 1 saturated carbocycles. The summed E-state index contributed by atoms with van der Waals surface area (Å²) in [6.07, 6.45) is 3.36. The fourth-order valence-corrected chi connectivity index (χ4v) is 2.90. The van der Waals surface area contributed by atoms with Crippen molar-refractivity contribution in [3.05, 3.63) is 11.7 Å². The van der Waals surface area contributed by atoms with Gasteiger partial charge < -0.3 is 9.84 Å². The normalized spacial score (nSPS) is 21.4. The van der Waals surface area contributed by atoms with E-state index in [1.54, 1.807) is 0 Å². The van der Waals surface area contributed by atoms with E-state index in [9.17, 15) is 9.59 Å². The Bertz CT molecular complexity index is 581. The number of aromatic nitrogens is 2. The van der Waals surface area contributed by atoms with Crippen molar-refractivity contribution in [3.8, 4) is 0 Å². The molecule has 0 atom stereocenters. The standard InChI is InChI=1S/C14H20N4O3/c1-13(2,3)10-15-9(21-17-10)8-18-11(19)14(16-12(18)20)6-4-5-7-14/h4-8H2,1-3H3,(H,16,20). The molecule has 3 rings (SSSR count). The van der Waals surface area contributed by atoms with Crippen molar-refractivity contribution in [1.29, 1.82) is 0 Å². The van der Waals surface area contributed by atoms with Gasteiger partial charge in [-0.15, -0.1) is 0 Å². The molecular weight excluding hydrogens is 272 g/mol. The van der Waals surface area contributed by atoms with Gasteiger partial charge in [0.05, 0.1) is 0 Å². The Morgan fingerprint density at radius 2 is 1.95 bits per heavy atom. The van der Waals surface area contributed by atoms with Gasteiger partial charge in [0.25, 0.3) is 5.91 Å². The van der Waals surface area contributed by atoms with Crippen molar-refractivity contribution in [1.82, 2.24) is 20.4 Å². The summed E-state index contributed by atoms with van der Waals surface area (Å²) in [4.78, 5) is 30.0. The zero-order valence-corrected chi connectivity index (χ0v) is 12.6. The topological polar surface area (TPSA) is 88.3 Å². The van der Waals surface area contributed by atoms with Crippen LogP contribution in [0.4, 0.5) is 4.79 Å². The molecule has 3 amide bonds. The second kappa shape index (κ2) is 4.54. The summed E-state index contributed by atoms with van der Waals surface area (Å²) < 4.78 is 5.17. The van der Waals surface area contributed by atoms with Crippen LogP contribution in [0.25, 0.3) is 0 Å². The van der Waals surface area contributed by atoms with Gasteiger partial charge in [0.2, 0.25) is 5.89 Å². The Labute approximate surface area is 123 Å². The maximum absolute atomic E-state index is 12.5. The number of urea groups is 1. The molecule has 1 N–H and O–H groups in total. The second-order valence-corrected chi connectivity index (χ2v) is 6.87. The molecule has 0 unspecified atom stereocenters. The lowest BCUT2D eigenvalue weighted by Crippen LogP contribution is -2.44. The van der Waals surface area contributed by atoms with E-state index < -0.39 is 5.54 Å². The maximum Gasteiger partial charge on any atom is 0.325 e.